The summed E-state index contributed by atoms with van der Waals surface area (Å²) in [7, 11) is 0. The predicted molar refractivity (Wildman–Crippen MR) is 125 cm³/mol. The average Bonchev–Trinajstić information content (AvgIpc) is 3.33. The Bertz CT molecular complexity index is 1260. The van der Waals surface area contributed by atoms with Crippen molar-refractivity contribution in [3.05, 3.63) is 70.5 Å². The molecule has 0 spiro atoms. The molecule has 3 atom stereocenters. The fourth-order valence-corrected chi connectivity index (χ4v) is 5.46. The highest BCUT2D eigenvalue weighted by Crippen LogP contribution is 2.43. The van der Waals surface area contributed by atoms with E-state index in [9.17, 15) is 37.4 Å². The van der Waals surface area contributed by atoms with Crippen LogP contribution in [-0.2, 0) is 22.4 Å². The Morgan fingerprint density at radius 1 is 1.11 bits per heavy atom. The first-order valence-corrected chi connectivity index (χ1v) is 12.0. The number of aromatic nitrogens is 1. The predicted octanol–water partition coefficient (Wildman–Crippen LogP) is 5.68. The number of nitrogens with one attached hydrogen (secondary N) is 1. The number of aliphatic carboxylic acids is 1. The van der Waals surface area contributed by atoms with Crippen molar-refractivity contribution in [3.63, 3.8) is 0 Å². The van der Waals surface area contributed by atoms with Crippen molar-refractivity contribution in [1.82, 2.24) is 4.37 Å². The third-order valence-electron chi connectivity index (χ3n) is 6.52. The van der Waals surface area contributed by atoms with E-state index >= 15 is 0 Å². The van der Waals surface area contributed by atoms with Crippen LogP contribution in [0.15, 0.2) is 47.8 Å². The molecular formula is C25H22F4N2O4S. The zero-order chi connectivity index (χ0) is 26.0. The Morgan fingerprint density at radius 2 is 1.83 bits per heavy atom. The van der Waals surface area contributed by atoms with Crippen molar-refractivity contribution in [2.75, 3.05) is 5.32 Å². The maximum atomic E-state index is 14.3. The van der Waals surface area contributed by atoms with E-state index in [0.29, 0.717) is 30.7 Å². The van der Waals surface area contributed by atoms with Gasteiger partial charge in [0, 0.05) is 10.9 Å². The molecule has 0 unspecified atom stereocenters. The number of aliphatic hydroxyl groups is 1. The maximum absolute atomic E-state index is 14.3. The van der Waals surface area contributed by atoms with Crippen LogP contribution in [0.4, 0.5) is 23.2 Å². The van der Waals surface area contributed by atoms with E-state index in [-0.39, 0.29) is 13.0 Å². The Labute approximate surface area is 207 Å². The first-order chi connectivity index (χ1) is 17.1. The lowest BCUT2D eigenvalue weighted by molar-refractivity contribution is -0.148. The van der Waals surface area contributed by atoms with Gasteiger partial charge in [-0.2, -0.15) is 17.5 Å². The van der Waals surface area contributed by atoms with Crippen molar-refractivity contribution in [3.8, 4) is 11.1 Å². The smallest absolute Gasteiger partial charge is 0.416 e. The van der Waals surface area contributed by atoms with Crippen molar-refractivity contribution in [2.45, 2.75) is 38.0 Å². The van der Waals surface area contributed by atoms with E-state index < -0.39 is 52.9 Å². The molecule has 0 radical (unpaired) electrons. The van der Waals surface area contributed by atoms with E-state index in [0.717, 1.165) is 22.8 Å². The minimum atomic E-state index is -4.73. The molecule has 1 saturated carbocycles. The topological polar surface area (TPSA) is 99.5 Å². The Hall–Kier alpha value is -3.31. The molecule has 0 bridgehead atoms. The number of hydrogen-bond acceptors (Lipinski definition) is 5. The first kappa shape index (κ1) is 25.8. The molecule has 0 aliphatic heterocycles. The largest absolute Gasteiger partial charge is 0.481 e. The molecule has 1 aliphatic rings. The summed E-state index contributed by atoms with van der Waals surface area (Å²) in [5.41, 5.74) is 1.23. The summed E-state index contributed by atoms with van der Waals surface area (Å²) in [4.78, 5) is 25.2. The van der Waals surface area contributed by atoms with E-state index in [1.165, 1.54) is 11.5 Å². The third kappa shape index (κ3) is 5.26. The normalized spacial score (nSPS) is 20.2. The third-order valence-corrected chi connectivity index (χ3v) is 7.18. The number of hydrogen-bond donors (Lipinski definition) is 3. The van der Waals surface area contributed by atoms with E-state index in [1.54, 1.807) is 24.3 Å². The second-order valence-corrected chi connectivity index (χ2v) is 9.27. The second kappa shape index (κ2) is 10.4. The van der Waals surface area contributed by atoms with Crippen LogP contribution in [0.25, 0.3) is 11.1 Å². The summed E-state index contributed by atoms with van der Waals surface area (Å²) in [5.74, 6) is -5.77. The second-order valence-electron chi connectivity index (χ2n) is 8.64. The quantitative estimate of drug-likeness (QED) is 0.362. The lowest BCUT2D eigenvalue weighted by atomic mass is 9.69. The lowest BCUT2D eigenvalue weighted by Crippen LogP contribution is -2.40. The zero-order valence-corrected chi connectivity index (χ0v) is 19.6. The van der Waals surface area contributed by atoms with Gasteiger partial charge in [0.15, 0.2) is 0 Å². The first-order valence-electron chi connectivity index (χ1n) is 11.1. The standard InChI is InChI=1S/C25H22F4N2O4S/c26-19-10-15(25(27,28)29)8-9-20(19)30-23(33)17-3-1-2-16(22(17)24(34)35)13-4-6-14(7-5-13)18-12-36-31-21(18)11-32/h4-10,12,16-17,22,32H,1-3,11H2,(H,30,33)(H,34,35)/t16-,17-,22-/m1/s1. The summed E-state index contributed by atoms with van der Waals surface area (Å²) in [6.45, 7) is -0.208. The molecule has 6 nitrogen and oxygen atoms in total. The SMILES string of the molecule is O=C(O)[C@@H]1[C@@H](c2ccc(-c3csnc3CO)cc2)CCC[C@H]1C(=O)Nc1ccc(C(F)(F)F)cc1F. The average molecular weight is 523 g/mol. The van der Waals surface area contributed by atoms with Crippen molar-refractivity contribution < 1.29 is 37.4 Å². The molecule has 1 aliphatic carbocycles. The molecule has 3 aromatic rings. The van der Waals surface area contributed by atoms with Gasteiger partial charge in [-0.25, -0.2) is 4.39 Å². The molecule has 4 rings (SSSR count). The number of benzene rings is 2. The molecule has 1 aromatic heterocycles. The van der Waals surface area contributed by atoms with Crippen LogP contribution in [-0.4, -0.2) is 26.5 Å². The van der Waals surface area contributed by atoms with Gasteiger partial charge in [0.2, 0.25) is 5.91 Å². The molecule has 1 amide bonds. The number of halogens is 4. The molecule has 1 fully saturated rings. The van der Waals surface area contributed by atoms with Crippen molar-refractivity contribution in [2.24, 2.45) is 11.8 Å². The van der Waals surface area contributed by atoms with Crippen LogP contribution in [0.3, 0.4) is 0 Å². The highest BCUT2D eigenvalue weighted by Gasteiger charge is 2.43. The number of nitrogens with zero attached hydrogens (tertiary/aromatic N) is 1. The maximum Gasteiger partial charge on any atom is 0.416 e. The molecule has 11 heteroatoms. The Kier molecular flexibility index (Phi) is 7.41. The van der Waals surface area contributed by atoms with Crippen LogP contribution in [0, 0.1) is 17.7 Å². The molecular weight excluding hydrogens is 500 g/mol. The monoisotopic (exact) mass is 522 g/mol. The Balaban J connectivity index is 1.55. The van der Waals surface area contributed by atoms with E-state index in [1.807, 2.05) is 5.38 Å². The van der Waals surface area contributed by atoms with E-state index in [2.05, 4.69) is 9.69 Å². The number of rotatable bonds is 6. The molecule has 190 valence electrons. The minimum absolute atomic E-state index is 0.208. The van der Waals surface area contributed by atoms with Gasteiger partial charge >= 0.3 is 12.1 Å². The molecule has 1 heterocycles. The van der Waals surface area contributed by atoms with Crippen LogP contribution < -0.4 is 5.32 Å². The summed E-state index contributed by atoms with van der Waals surface area (Å²) in [5, 5.41) is 23.5. The molecule has 2 aromatic carbocycles. The number of carbonyl (C=O) groups is 2. The fourth-order valence-electron chi connectivity index (χ4n) is 4.75. The minimum Gasteiger partial charge on any atom is -0.481 e. The highest BCUT2D eigenvalue weighted by molar-refractivity contribution is 7.04. The van der Waals surface area contributed by atoms with Gasteiger partial charge in [-0.05, 0) is 59.6 Å². The van der Waals surface area contributed by atoms with Crippen LogP contribution in [0.2, 0.25) is 0 Å². The summed E-state index contributed by atoms with van der Waals surface area (Å²) in [6.07, 6.45) is -3.41. The number of aliphatic hydroxyl groups excluding tert-OH is 1. The summed E-state index contributed by atoms with van der Waals surface area (Å²) < 4.78 is 56.8. The van der Waals surface area contributed by atoms with Crippen LogP contribution in [0.1, 0.15) is 42.0 Å². The van der Waals surface area contributed by atoms with Gasteiger partial charge in [-0.3, -0.25) is 9.59 Å². The van der Waals surface area contributed by atoms with Crippen molar-refractivity contribution >= 4 is 29.1 Å². The number of carboxylic acid groups (broad SMARTS) is 1. The summed E-state index contributed by atoms with van der Waals surface area (Å²) >= 11 is 1.21. The fraction of sp³-hybridized carbons (Fsp3) is 0.320. The zero-order valence-electron chi connectivity index (χ0n) is 18.8. The number of alkyl halides is 3. The van der Waals surface area contributed by atoms with Gasteiger partial charge in [-0.15, -0.1) is 0 Å². The van der Waals surface area contributed by atoms with Crippen LogP contribution >= 0.6 is 11.5 Å². The number of carboxylic acids is 1. The van der Waals surface area contributed by atoms with E-state index in [4.69, 9.17) is 0 Å². The van der Waals surface area contributed by atoms with Gasteiger partial charge in [0.1, 0.15) is 5.82 Å². The molecule has 36 heavy (non-hydrogen) atoms. The molecule has 0 saturated heterocycles. The van der Waals surface area contributed by atoms with Gasteiger partial charge in [0.25, 0.3) is 0 Å². The van der Waals surface area contributed by atoms with Crippen LogP contribution in [0.5, 0.6) is 0 Å². The van der Waals surface area contributed by atoms with Gasteiger partial charge < -0.3 is 15.5 Å². The van der Waals surface area contributed by atoms with Gasteiger partial charge in [-0.1, -0.05) is 30.7 Å². The Morgan fingerprint density at radius 3 is 2.44 bits per heavy atom. The van der Waals surface area contributed by atoms with Crippen molar-refractivity contribution in [1.29, 1.82) is 0 Å². The number of anilines is 1. The molecule has 3 N–H and O–H groups in total. The lowest BCUT2D eigenvalue weighted by Gasteiger charge is -2.35. The summed E-state index contributed by atoms with van der Waals surface area (Å²) in [6, 6.07) is 8.95. The van der Waals surface area contributed by atoms with Gasteiger partial charge in [0.05, 0.1) is 35.4 Å². The number of carbonyl (C=O) groups excluding carboxylic acids is 1. The highest BCUT2D eigenvalue weighted by atomic mass is 32.1. The number of amides is 1.